The van der Waals surface area contributed by atoms with E-state index in [1.165, 1.54) is 0 Å². The van der Waals surface area contributed by atoms with Crippen molar-refractivity contribution in [1.29, 1.82) is 0 Å². The summed E-state index contributed by atoms with van der Waals surface area (Å²) in [5.41, 5.74) is 6.30. The lowest BCUT2D eigenvalue weighted by Crippen LogP contribution is -2.44. The van der Waals surface area contributed by atoms with Gasteiger partial charge in [-0.1, -0.05) is 43.7 Å². The van der Waals surface area contributed by atoms with Crippen LogP contribution in [-0.2, 0) is 4.79 Å². The van der Waals surface area contributed by atoms with E-state index in [-0.39, 0.29) is 18.6 Å². The lowest BCUT2D eigenvalue weighted by Gasteiger charge is -2.17. The summed E-state index contributed by atoms with van der Waals surface area (Å²) >= 11 is 0. The maximum absolute atomic E-state index is 12.5. The van der Waals surface area contributed by atoms with Crippen molar-refractivity contribution in [3.05, 3.63) is 59.7 Å². The molecule has 2 amide bonds. The van der Waals surface area contributed by atoms with E-state index in [4.69, 9.17) is 9.47 Å². The van der Waals surface area contributed by atoms with Gasteiger partial charge in [0.05, 0.1) is 5.92 Å². The van der Waals surface area contributed by atoms with E-state index in [1.54, 1.807) is 18.2 Å². The molecule has 1 aliphatic rings. The Hall–Kier alpha value is -3.02. The van der Waals surface area contributed by atoms with Crippen molar-refractivity contribution >= 4 is 11.8 Å². The van der Waals surface area contributed by atoms with E-state index >= 15 is 0 Å². The van der Waals surface area contributed by atoms with Crippen LogP contribution in [0.1, 0.15) is 41.6 Å². The molecule has 3 rings (SSSR count). The molecule has 0 saturated heterocycles. The number of hydrazine groups is 1. The lowest BCUT2D eigenvalue weighted by molar-refractivity contribution is -0.123. The van der Waals surface area contributed by atoms with E-state index in [1.807, 2.05) is 37.3 Å². The third-order valence-electron chi connectivity index (χ3n) is 4.03. The normalized spacial score (nSPS) is 13.2. The number of nitrogens with one attached hydrogen (secondary N) is 2. The Kier molecular flexibility index (Phi) is 5.18. The molecule has 1 heterocycles. The highest BCUT2D eigenvalue weighted by molar-refractivity contribution is 5.96. The first-order valence-corrected chi connectivity index (χ1v) is 8.24. The van der Waals surface area contributed by atoms with E-state index < -0.39 is 5.91 Å². The van der Waals surface area contributed by atoms with Crippen LogP contribution in [0.15, 0.2) is 48.5 Å². The van der Waals surface area contributed by atoms with Gasteiger partial charge in [0.1, 0.15) is 0 Å². The van der Waals surface area contributed by atoms with Crippen LogP contribution in [0, 0.1) is 0 Å². The zero-order valence-electron chi connectivity index (χ0n) is 14.0. The molecular weight excluding hydrogens is 320 g/mol. The van der Waals surface area contributed by atoms with Crippen molar-refractivity contribution in [2.45, 2.75) is 25.7 Å². The van der Waals surface area contributed by atoms with Crippen molar-refractivity contribution in [2.24, 2.45) is 0 Å². The summed E-state index contributed by atoms with van der Waals surface area (Å²) in [4.78, 5) is 24.7. The number of amides is 2. The number of ether oxygens (including phenoxy) is 2. The molecule has 1 atom stereocenters. The SMILES string of the molecule is CCC[C@@H](C(=O)NNC(=O)c1ccc2c(c1)OCO2)c1ccccc1. The second kappa shape index (κ2) is 7.70. The van der Waals surface area contributed by atoms with Crippen LogP contribution >= 0.6 is 0 Å². The standard InChI is InChI=1S/C19H20N2O4/c1-2-6-15(13-7-4-3-5-8-13)19(23)21-20-18(22)14-9-10-16-17(11-14)25-12-24-16/h3-5,7-11,15H,2,6,12H2,1H3,(H,20,22)(H,21,23)/t15-/m1/s1. The molecule has 2 aromatic rings. The Morgan fingerprint density at radius 2 is 1.80 bits per heavy atom. The van der Waals surface area contributed by atoms with Crippen LogP contribution in [0.25, 0.3) is 0 Å². The Labute approximate surface area is 146 Å². The van der Waals surface area contributed by atoms with Gasteiger partial charge in [0.25, 0.3) is 5.91 Å². The Bertz CT molecular complexity index is 761. The minimum atomic E-state index is -0.407. The van der Waals surface area contributed by atoms with Crippen LogP contribution in [0.2, 0.25) is 0 Å². The third kappa shape index (κ3) is 3.91. The number of carbonyl (C=O) groups excluding carboxylic acids is 2. The van der Waals surface area contributed by atoms with Crippen LogP contribution < -0.4 is 20.3 Å². The minimum absolute atomic E-state index is 0.146. The van der Waals surface area contributed by atoms with Crippen LogP contribution in [0.3, 0.4) is 0 Å². The first-order chi connectivity index (χ1) is 12.2. The van der Waals surface area contributed by atoms with Crippen molar-refractivity contribution in [2.75, 3.05) is 6.79 Å². The first-order valence-electron chi connectivity index (χ1n) is 8.24. The molecule has 0 spiro atoms. The molecule has 0 aliphatic carbocycles. The average Bonchev–Trinajstić information content (AvgIpc) is 3.12. The second-order valence-electron chi connectivity index (χ2n) is 5.76. The average molecular weight is 340 g/mol. The minimum Gasteiger partial charge on any atom is -0.454 e. The van der Waals surface area contributed by atoms with E-state index in [2.05, 4.69) is 10.9 Å². The number of rotatable bonds is 5. The van der Waals surface area contributed by atoms with Gasteiger partial charge < -0.3 is 9.47 Å². The largest absolute Gasteiger partial charge is 0.454 e. The highest BCUT2D eigenvalue weighted by Crippen LogP contribution is 2.32. The number of benzene rings is 2. The molecule has 6 nitrogen and oxygen atoms in total. The van der Waals surface area contributed by atoms with Gasteiger partial charge in [-0.2, -0.15) is 0 Å². The molecule has 130 valence electrons. The molecule has 0 saturated carbocycles. The van der Waals surface area contributed by atoms with Crippen molar-refractivity contribution in [3.8, 4) is 11.5 Å². The van der Waals surface area contributed by atoms with Gasteiger partial charge in [-0.25, -0.2) is 0 Å². The second-order valence-corrected chi connectivity index (χ2v) is 5.76. The van der Waals surface area contributed by atoms with Gasteiger partial charge >= 0.3 is 0 Å². The molecule has 6 heteroatoms. The smallest absolute Gasteiger partial charge is 0.269 e. The fourth-order valence-corrected chi connectivity index (χ4v) is 2.74. The molecular formula is C19H20N2O4. The van der Waals surface area contributed by atoms with E-state index in [9.17, 15) is 9.59 Å². The van der Waals surface area contributed by atoms with E-state index in [0.29, 0.717) is 23.5 Å². The quantitative estimate of drug-likeness (QED) is 0.821. The monoisotopic (exact) mass is 340 g/mol. The maximum Gasteiger partial charge on any atom is 0.269 e. The highest BCUT2D eigenvalue weighted by Gasteiger charge is 2.21. The first kappa shape index (κ1) is 16.8. The maximum atomic E-state index is 12.5. The number of fused-ring (bicyclic) bond motifs is 1. The van der Waals surface area contributed by atoms with Crippen LogP contribution in [0.5, 0.6) is 11.5 Å². The molecule has 0 radical (unpaired) electrons. The van der Waals surface area contributed by atoms with Gasteiger partial charge in [0.2, 0.25) is 12.7 Å². The molecule has 0 fully saturated rings. The molecule has 1 aliphatic heterocycles. The van der Waals surface area contributed by atoms with E-state index in [0.717, 1.165) is 12.0 Å². The molecule has 2 N–H and O–H groups in total. The number of hydrogen-bond acceptors (Lipinski definition) is 4. The van der Waals surface area contributed by atoms with Crippen molar-refractivity contribution in [3.63, 3.8) is 0 Å². The molecule has 0 bridgehead atoms. The van der Waals surface area contributed by atoms with Crippen molar-refractivity contribution < 1.29 is 19.1 Å². The Morgan fingerprint density at radius 3 is 2.56 bits per heavy atom. The topological polar surface area (TPSA) is 76.7 Å². The summed E-state index contributed by atoms with van der Waals surface area (Å²) in [6, 6.07) is 14.4. The third-order valence-corrected chi connectivity index (χ3v) is 4.03. The summed E-state index contributed by atoms with van der Waals surface area (Å²) < 4.78 is 10.5. The predicted octanol–water partition coefficient (Wildman–Crippen LogP) is 2.76. The predicted molar refractivity (Wildman–Crippen MR) is 92.3 cm³/mol. The molecule has 0 unspecified atom stereocenters. The Balaban J connectivity index is 1.63. The van der Waals surface area contributed by atoms with Gasteiger partial charge in [-0.3, -0.25) is 20.4 Å². The van der Waals surface area contributed by atoms with Gasteiger partial charge in [-0.05, 0) is 30.2 Å². The molecule has 0 aromatic heterocycles. The van der Waals surface area contributed by atoms with Crippen molar-refractivity contribution in [1.82, 2.24) is 10.9 Å². The summed E-state index contributed by atoms with van der Waals surface area (Å²) in [5, 5.41) is 0. The van der Waals surface area contributed by atoms with Gasteiger partial charge in [-0.15, -0.1) is 0 Å². The fraction of sp³-hybridized carbons (Fsp3) is 0.263. The summed E-state index contributed by atoms with van der Waals surface area (Å²) in [6.07, 6.45) is 1.57. The number of carbonyl (C=O) groups is 2. The van der Waals surface area contributed by atoms with Crippen LogP contribution in [0.4, 0.5) is 0 Å². The summed E-state index contributed by atoms with van der Waals surface area (Å²) in [6.45, 7) is 2.17. The van der Waals surface area contributed by atoms with Gasteiger partial charge in [0, 0.05) is 5.56 Å². The molecule has 25 heavy (non-hydrogen) atoms. The zero-order chi connectivity index (χ0) is 17.6. The molecule has 2 aromatic carbocycles. The van der Waals surface area contributed by atoms with Crippen LogP contribution in [-0.4, -0.2) is 18.6 Å². The zero-order valence-corrected chi connectivity index (χ0v) is 14.0. The summed E-state index contributed by atoms with van der Waals surface area (Å²) in [7, 11) is 0. The van der Waals surface area contributed by atoms with Gasteiger partial charge in [0.15, 0.2) is 11.5 Å². The number of hydrogen-bond donors (Lipinski definition) is 2. The highest BCUT2D eigenvalue weighted by atomic mass is 16.7. The summed E-state index contributed by atoms with van der Waals surface area (Å²) in [5.74, 6) is 0.181. The fourth-order valence-electron chi connectivity index (χ4n) is 2.74. The lowest BCUT2D eigenvalue weighted by atomic mass is 9.94. The Morgan fingerprint density at radius 1 is 1.04 bits per heavy atom.